The lowest BCUT2D eigenvalue weighted by atomic mass is 9.78. The highest BCUT2D eigenvalue weighted by Gasteiger charge is 2.52. The third-order valence-electron chi connectivity index (χ3n) is 6.00. The van der Waals surface area contributed by atoms with Crippen molar-refractivity contribution in [1.82, 2.24) is 0 Å². The lowest BCUT2D eigenvalue weighted by Crippen LogP contribution is -2.41. The molecule has 1 aromatic carbocycles. The maximum absolute atomic E-state index is 13.2. The van der Waals surface area contributed by atoms with Crippen LogP contribution >= 0.6 is 0 Å². The molecule has 2 aliphatic rings. The first kappa shape index (κ1) is 19.6. The zero-order valence-corrected chi connectivity index (χ0v) is 16.2. The van der Waals surface area contributed by atoms with Gasteiger partial charge in [-0.15, -0.1) is 0 Å². The van der Waals surface area contributed by atoms with Gasteiger partial charge in [0.15, 0.2) is 0 Å². The lowest BCUT2D eigenvalue weighted by Gasteiger charge is -2.32. The Morgan fingerprint density at radius 2 is 1.69 bits per heavy atom. The van der Waals surface area contributed by atoms with E-state index in [0.717, 1.165) is 12.8 Å². The third-order valence-corrected chi connectivity index (χ3v) is 6.00. The van der Waals surface area contributed by atoms with E-state index in [-0.39, 0.29) is 5.56 Å². The molecule has 2 fully saturated rings. The molecule has 0 spiro atoms. The summed E-state index contributed by atoms with van der Waals surface area (Å²) in [5.41, 5.74) is -0.327. The number of hydrogen-bond acceptors (Lipinski definition) is 3. The van der Waals surface area contributed by atoms with Crippen molar-refractivity contribution < 1.29 is 22.8 Å². The number of halogens is 2. The molecule has 3 nitrogen and oxygen atoms in total. The monoisotopic (exact) mass is 366 g/mol. The van der Waals surface area contributed by atoms with Gasteiger partial charge in [0.25, 0.3) is 6.43 Å². The van der Waals surface area contributed by atoms with Gasteiger partial charge in [-0.2, -0.15) is 0 Å². The predicted molar refractivity (Wildman–Crippen MR) is 99.2 cm³/mol. The molecule has 0 atom stereocenters. The molecule has 3 rings (SSSR count). The van der Waals surface area contributed by atoms with E-state index in [1.807, 2.05) is 27.7 Å². The second-order valence-electron chi connectivity index (χ2n) is 8.50. The molecular weight excluding hydrogens is 337 g/mol. The molecule has 26 heavy (non-hydrogen) atoms. The van der Waals surface area contributed by atoms with E-state index in [0.29, 0.717) is 23.7 Å². The van der Waals surface area contributed by atoms with Crippen molar-refractivity contribution in [2.75, 3.05) is 6.61 Å². The van der Waals surface area contributed by atoms with Gasteiger partial charge in [0.1, 0.15) is 5.75 Å². The van der Waals surface area contributed by atoms with Crippen LogP contribution in [0.25, 0.3) is 0 Å². The quantitative estimate of drug-likeness (QED) is 0.695. The van der Waals surface area contributed by atoms with Crippen LogP contribution in [0, 0.1) is 5.92 Å². The number of hydrogen-bond donors (Lipinski definition) is 0. The molecule has 1 saturated heterocycles. The Balaban J connectivity index is 1.82. The first-order chi connectivity index (χ1) is 12.2. The maximum atomic E-state index is 13.2. The van der Waals surface area contributed by atoms with Crippen molar-refractivity contribution in [3.63, 3.8) is 0 Å². The largest absolute Gasteiger partial charge is 0.498 e. The first-order valence-corrected chi connectivity index (χ1v) is 9.60. The van der Waals surface area contributed by atoms with Crippen LogP contribution in [0.4, 0.5) is 8.78 Å². The van der Waals surface area contributed by atoms with Crippen LogP contribution < -0.4 is 10.2 Å². The van der Waals surface area contributed by atoms with Gasteiger partial charge < -0.3 is 14.0 Å². The van der Waals surface area contributed by atoms with Crippen molar-refractivity contribution in [3.05, 3.63) is 23.8 Å². The summed E-state index contributed by atoms with van der Waals surface area (Å²) < 4.78 is 44.6. The van der Waals surface area contributed by atoms with Crippen LogP contribution in [0.1, 0.15) is 71.8 Å². The van der Waals surface area contributed by atoms with Gasteiger partial charge in [0.2, 0.25) is 0 Å². The molecule has 1 saturated carbocycles. The maximum Gasteiger partial charge on any atom is 0.498 e. The summed E-state index contributed by atoms with van der Waals surface area (Å²) in [5, 5.41) is 0. The average Bonchev–Trinajstić information content (AvgIpc) is 2.81. The van der Waals surface area contributed by atoms with Crippen molar-refractivity contribution in [2.45, 2.75) is 77.4 Å². The van der Waals surface area contributed by atoms with Gasteiger partial charge >= 0.3 is 7.12 Å². The zero-order valence-electron chi connectivity index (χ0n) is 16.2. The van der Waals surface area contributed by atoms with Crippen LogP contribution in [0.5, 0.6) is 5.75 Å². The molecule has 6 heteroatoms. The minimum absolute atomic E-state index is 0.0380. The Morgan fingerprint density at radius 3 is 2.27 bits per heavy atom. The molecule has 1 aromatic rings. The molecule has 1 aliphatic heterocycles. The standard InChI is InChI=1S/C20H29BF2O3/c1-19(2)20(3,4)26-21(25-19)16-11-10-15(18(22)23)12-17(16)24-13-14-8-6-5-7-9-14/h10-12,14,18H,5-9,13H2,1-4H3. The molecule has 0 amide bonds. The summed E-state index contributed by atoms with van der Waals surface area (Å²) in [6.45, 7) is 8.46. The highest BCUT2D eigenvalue weighted by molar-refractivity contribution is 6.63. The Morgan fingerprint density at radius 1 is 1.08 bits per heavy atom. The number of ether oxygens (including phenoxy) is 1. The molecule has 0 radical (unpaired) electrons. The SMILES string of the molecule is CC1(C)OB(c2ccc(C(F)F)cc2OCC2CCCCC2)OC1(C)C. The Hall–Kier alpha value is -1.14. The normalized spacial score (nSPS) is 22.8. The van der Waals surface area contributed by atoms with E-state index in [1.165, 1.54) is 31.4 Å². The predicted octanol–water partition coefficient (Wildman–Crippen LogP) is 4.88. The van der Waals surface area contributed by atoms with Crippen molar-refractivity contribution in [3.8, 4) is 5.75 Å². The average molecular weight is 366 g/mol. The smallest absolute Gasteiger partial charge is 0.494 e. The summed E-state index contributed by atoms with van der Waals surface area (Å²) in [6.07, 6.45) is 3.46. The summed E-state index contributed by atoms with van der Waals surface area (Å²) in [4.78, 5) is 0. The fraction of sp³-hybridized carbons (Fsp3) is 0.700. The van der Waals surface area contributed by atoms with Gasteiger partial charge in [-0.3, -0.25) is 0 Å². The minimum atomic E-state index is -2.53. The van der Waals surface area contributed by atoms with Gasteiger partial charge in [0.05, 0.1) is 17.8 Å². The second-order valence-corrected chi connectivity index (χ2v) is 8.50. The van der Waals surface area contributed by atoms with Crippen LogP contribution in [0.15, 0.2) is 18.2 Å². The molecule has 0 bridgehead atoms. The topological polar surface area (TPSA) is 27.7 Å². The highest BCUT2D eigenvalue weighted by Crippen LogP contribution is 2.37. The van der Waals surface area contributed by atoms with Gasteiger partial charge in [-0.1, -0.05) is 31.4 Å². The van der Waals surface area contributed by atoms with E-state index >= 15 is 0 Å². The van der Waals surface area contributed by atoms with E-state index in [9.17, 15) is 8.78 Å². The van der Waals surface area contributed by atoms with Gasteiger partial charge in [-0.25, -0.2) is 8.78 Å². The highest BCUT2D eigenvalue weighted by atomic mass is 19.3. The minimum Gasteiger partial charge on any atom is -0.494 e. The van der Waals surface area contributed by atoms with E-state index in [4.69, 9.17) is 14.0 Å². The van der Waals surface area contributed by atoms with E-state index in [1.54, 1.807) is 6.07 Å². The molecule has 1 heterocycles. The zero-order chi connectivity index (χ0) is 18.9. The molecule has 144 valence electrons. The summed E-state index contributed by atoms with van der Waals surface area (Å²) in [6, 6.07) is 4.52. The molecule has 1 aliphatic carbocycles. The first-order valence-electron chi connectivity index (χ1n) is 9.60. The second kappa shape index (κ2) is 7.47. The molecule has 0 N–H and O–H groups in total. The van der Waals surface area contributed by atoms with Crippen LogP contribution in [0.2, 0.25) is 0 Å². The van der Waals surface area contributed by atoms with Crippen LogP contribution in [0.3, 0.4) is 0 Å². The number of benzene rings is 1. The summed E-state index contributed by atoms with van der Waals surface area (Å²) >= 11 is 0. The fourth-order valence-electron chi connectivity index (χ4n) is 3.54. The molecule has 0 aromatic heterocycles. The van der Waals surface area contributed by atoms with Crippen molar-refractivity contribution >= 4 is 12.6 Å². The summed E-state index contributed by atoms with van der Waals surface area (Å²) in [7, 11) is -0.618. The van der Waals surface area contributed by atoms with Crippen molar-refractivity contribution in [1.29, 1.82) is 0 Å². The Bertz CT molecular complexity index is 611. The van der Waals surface area contributed by atoms with Crippen molar-refractivity contribution in [2.24, 2.45) is 5.92 Å². The third kappa shape index (κ3) is 4.06. The van der Waals surface area contributed by atoms with E-state index in [2.05, 4.69) is 0 Å². The fourth-order valence-corrected chi connectivity index (χ4v) is 3.54. The number of alkyl halides is 2. The van der Waals surface area contributed by atoms with Gasteiger partial charge in [-0.05, 0) is 52.5 Å². The summed E-state index contributed by atoms with van der Waals surface area (Å²) in [5.74, 6) is 0.942. The molecular formula is C20H29BF2O3. The van der Waals surface area contributed by atoms with Crippen LogP contribution in [-0.4, -0.2) is 24.9 Å². The Kier molecular flexibility index (Phi) is 5.64. The Labute approximate surface area is 155 Å². The number of rotatable bonds is 5. The van der Waals surface area contributed by atoms with Gasteiger partial charge in [0, 0.05) is 11.0 Å². The molecule has 0 unspecified atom stereocenters. The lowest BCUT2D eigenvalue weighted by molar-refractivity contribution is 0.00578. The van der Waals surface area contributed by atoms with Crippen LogP contribution in [-0.2, 0) is 9.31 Å². The van der Waals surface area contributed by atoms with E-state index < -0.39 is 24.7 Å².